The third kappa shape index (κ3) is 1.84. The lowest BCUT2D eigenvalue weighted by Gasteiger charge is -2.06. The summed E-state index contributed by atoms with van der Waals surface area (Å²) in [6, 6.07) is 10.7. The van der Waals surface area contributed by atoms with Crippen LogP contribution in [0.15, 0.2) is 47.4 Å². The van der Waals surface area contributed by atoms with Crippen molar-refractivity contribution in [3.63, 3.8) is 0 Å². The van der Waals surface area contributed by atoms with Crippen LogP contribution in [0.3, 0.4) is 0 Å². The average Bonchev–Trinajstić information content (AvgIpc) is 2.60. The molecule has 1 heterocycles. The maximum Gasteiger partial charge on any atom is 0.211 e. The molecular formula is C14H8Cl2O3S. The molecule has 0 bridgehead atoms. The van der Waals surface area contributed by atoms with Crippen LogP contribution in [0.4, 0.5) is 0 Å². The maximum atomic E-state index is 12.5. The number of aliphatic hydroxyl groups is 1. The van der Waals surface area contributed by atoms with Crippen LogP contribution in [0.5, 0.6) is 0 Å². The van der Waals surface area contributed by atoms with E-state index in [9.17, 15) is 13.5 Å². The fourth-order valence-corrected chi connectivity index (χ4v) is 4.52. The summed E-state index contributed by atoms with van der Waals surface area (Å²) in [7, 11) is -3.78. The summed E-state index contributed by atoms with van der Waals surface area (Å²) in [6.45, 7) is 0. The third-order valence-corrected chi connectivity index (χ3v) is 5.52. The highest BCUT2D eigenvalue weighted by Crippen LogP contribution is 2.44. The first-order chi connectivity index (χ1) is 9.43. The van der Waals surface area contributed by atoms with Gasteiger partial charge in [0.05, 0.1) is 9.92 Å². The minimum atomic E-state index is -3.78. The van der Waals surface area contributed by atoms with Crippen molar-refractivity contribution in [1.29, 1.82) is 0 Å². The summed E-state index contributed by atoms with van der Waals surface area (Å²) in [6.07, 6.45) is 0. The topological polar surface area (TPSA) is 54.4 Å². The van der Waals surface area contributed by atoms with Gasteiger partial charge in [0, 0.05) is 16.1 Å². The van der Waals surface area contributed by atoms with E-state index in [0.717, 1.165) is 0 Å². The number of benzene rings is 2. The second-order valence-electron chi connectivity index (χ2n) is 4.30. The molecule has 0 aromatic heterocycles. The van der Waals surface area contributed by atoms with Crippen molar-refractivity contribution < 1.29 is 13.5 Å². The molecule has 20 heavy (non-hydrogen) atoms. The van der Waals surface area contributed by atoms with E-state index in [1.54, 1.807) is 18.2 Å². The Morgan fingerprint density at radius 3 is 2.30 bits per heavy atom. The molecule has 1 aliphatic rings. The Bertz CT molecular complexity index is 854. The quantitative estimate of drug-likeness (QED) is 0.855. The lowest BCUT2D eigenvalue weighted by molar-refractivity contribution is 0.514. The lowest BCUT2D eigenvalue weighted by atomic mass is 10.1. The number of aliphatic hydroxyl groups excluding tert-OH is 1. The molecule has 1 aliphatic heterocycles. The van der Waals surface area contributed by atoms with Crippen LogP contribution in [0.25, 0.3) is 10.7 Å². The molecule has 1 N–H and O–H groups in total. The largest absolute Gasteiger partial charge is 0.506 e. The van der Waals surface area contributed by atoms with Gasteiger partial charge in [-0.1, -0.05) is 41.4 Å². The Balaban J connectivity index is 2.33. The molecule has 0 atom stereocenters. The highest BCUT2D eigenvalue weighted by atomic mass is 35.5. The molecule has 0 aliphatic carbocycles. The maximum absolute atomic E-state index is 12.5. The van der Waals surface area contributed by atoms with E-state index < -0.39 is 9.84 Å². The highest BCUT2D eigenvalue weighted by molar-refractivity contribution is 8.01. The number of sulfone groups is 1. The zero-order valence-corrected chi connectivity index (χ0v) is 12.3. The Morgan fingerprint density at radius 1 is 0.950 bits per heavy atom. The van der Waals surface area contributed by atoms with E-state index in [2.05, 4.69) is 0 Å². The molecule has 0 fully saturated rings. The molecule has 0 radical (unpaired) electrons. The minimum absolute atomic E-state index is 0.0820. The molecule has 0 saturated heterocycles. The molecule has 3 rings (SSSR count). The van der Waals surface area contributed by atoms with Crippen LogP contribution in [-0.4, -0.2) is 13.5 Å². The summed E-state index contributed by atoms with van der Waals surface area (Å²) < 4.78 is 25.0. The van der Waals surface area contributed by atoms with Crippen molar-refractivity contribution >= 4 is 43.7 Å². The zero-order chi connectivity index (χ0) is 14.5. The van der Waals surface area contributed by atoms with Crippen molar-refractivity contribution in [2.45, 2.75) is 4.90 Å². The predicted molar refractivity (Wildman–Crippen MR) is 79.5 cm³/mol. The van der Waals surface area contributed by atoms with E-state index in [4.69, 9.17) is 23.2 Å². The molecule has 0 unspecified atom stereocenters. The summed E-state index contributed by atoms with van der Waals surface area (Å²) in [5.41, 5.74) is 0.526. The minimum Gasteiger partial charge on any atom is -0.506 e. The fourth-order valence-electron chi connectivity index (χ4n) is 2.20. The Morgan fingerprint density at radius 2 is 1.65 bits per heavy atom. The summed E-state index contributed by atoms with van der Waals surface area (Å²) in [5.74, 6) is -0.287. The highest BCUT2D eigenvalue weighted by Gasteiger charge is 2.37. The van der Waals surface area contributed by atoms with Crippen LogP contribution in [0, 0.1) is 0 Å². The molecule has 2 aromatic rings. The van der Waals surface area contributed by atoms with E-state index in [1.165, 1.54) is 24.3 Å². The average molecular weight is 327 g/mol. The van der Waals surface area contributed by atoms with Crippen molar-refractivity contribution in [3.05, 3.63) is 63.6 Å². The lowest BCUT2D eigenvalue weighted by Crippen LogP contribution is -2.00. The SMILES string of the molecule is O=S1(=O)C(c2ccc(Cl)cc2Cl)=C(O)c2ccccc21. The number of hydrogen-bond acceptors (Lipinski definition) is 3. The van der Waals surface area contributed by atoms with E-state index in [0.29, 0.717) is 5.02 Å². The third-order valence-electron chi connectivity index (χ3n) is 3.09. The molecular weight excluding hydrogens is 319 g/mol. The van der Waals surface area contributed by atoms with E-state index in [1.807, 2.05) is 0 Å². The number of hydrogen-bond donors (Lipinski definition) is 1. The van der Waals surface area contributed by atoms with Crippen molar-refractivity contribution in [2.24, 2.45) is 0 Å². The second-order valence-corrected chi connectivity index (χ2v) is 7.00. The van der Waals surface area contributed by atoms with Gasteiger partial charge in [0.1, 0.15) is 10.7 Å². The summed E-state index contributed by atoms with van der Waals surface area (Å²) in [4.78, 5) is -0.0983. The van der Waals surface area contributed by atoms with Gasteiger partial charge >= 0.3 is 0 Å². The fraction of sp³-hybridized carbons (Fsp3) is 0. The molecule has 6 heteroatoms. The van der Waals surface area contributed by atoms with E-state index >= 15 is 0 Å². The molecule has 0 amide bonds. The van der Waals surface area contributed by atoms with Gasteiger partial charge in [-0.15, -0.1) is 0 Å². The Labute approximate surface area is 126 Å². The van der Waals surface area contributed by atoms with Crippen LogP contribution in [0.1, 0.15) is 11.1 Å². The van der Waals surface area contributed by atoms with Crippen LogP contribution in [-0.2, 0) is 9.84 Å². The molecule has 2 aromatic carbocycles. The Kier molecular flexibility index (Phi) is 3.05. The van der Waals surface area contributed by atoms with Gasteiger partial charge in [-0.2, -0.15) is 0 Å². The molecule has 3 nitrogen and oxygen atoms in total. The van der Waals surface area contributed by atoms with Crippen LogP contribution in [0.2, 0.25) is 10.0 Å². The van der Waals surface area contributed by atoms with Gasteiger partial charge in [0.25, 0.3) is 0 Å². The van der Waals surface area contributed by atoms with E-state index in [-0.39, 0.29) is 31.7 Å². The molecule has 0 saturated carbocycles. The van der Waals surface area contributed by atoms with Gasteiger partial charge in [0.2, 0.25) is 9.84 Å². The van der Waals surface area contributed by atoms with Gasteiger partial charge in [-0.05, 0) is 24.3 Å². The zero-order valence-electron chi connectivity index (χ0n) is 9.97. The van der Waals surface area contributed by atoms with Gasteiger partial charge in [-0.25, -0.2) is 8.42 Å². The monoisotopic (exact) mass is 326 g/mol. The summed E-state index contributed by atoms with van der Waals surface area (Å²) in [5, 5.41) is 10.8. The molecule has 102 valence electrons. The number of fused-ring (bicyclic) bond motifs is 1. The van der Waals surface area contributed by atoms with Gasteiger partial charge < -0.3 is 5.11 Å². The summed E-state index contributed by atoms with van der Waals surface area (Å²) >= 11 is 11.9. The normalized spacial score (nSPS) is 16.3. The van der Waals surface area contributed by atoms with Gasteiger partial charge in [-0.3, -0.25) is 0 Å². The van der Waals surface area contributed by atoms with Crippen molar-refractivity contribution in [1.82, 2.24) is 0 Å². The Hall–Kier alpha value is -1.49. The first-order valence-corrected chi connectivity index (χ1v) is 7.90. The number of rotatable bonds is 1. The first-order valence-electron chi connectivity index (χ1n) is 5.66. The van der Waals surface area contributed by atoms with Crippen LogP contribution < -0.4 is 0 Å². The smallest absolute Gasteiger partial charge is 0.211 e. The van der Waals surface area contributed by atoms with Crippen molar-refractivity contribution in [3.8, 4) is 0 Å². The predicted octanol–water partition coefficient (Wildman–Crippen LogP) is 4.16. The van der Waals surface area contributed by atoms with Crippen molar-refractivity contribution in [2.75, 3.05) is 0 Å². The first kappa shape index (κ1) is 13.5. The number of halogens is 2. The standard InChI is InChI=1S/C14H8Cl2O3S/c15-8-5-6-9(11(16)7-8)14-13(17)10-3-1-2-4-12(10)20(14,18)19/h1-7,17H. The molecule has 0 spiro atoms. The van der Waals surface area contributed by atoms with Gasteiger partial charge in [0.15, 0.2) is 0 Å². The second kappa shape index (κ2) is 4.52. The van der Waals surface area contributed by atoms with Crippen LogP contribution >= 0.6 is 23.2 Å².